The summed E-state index contributed by atoms with van der Waals surface area (Å²) in [6, 6.07) is 6.38. The largest absolute Gasteiger partial charge is 0.368 e. The van der Waals surface area contributed by atoms with Crippen molar-refractivity contribution in [2.24, 2.45) is 11.3 Å². The first-order chi connectivity index (χ1) is 13.2. The van der Waals surface area contributed by atoms with Crippen molar-refractivity contribution in [3.05, 3.63) is 29.3 Å². The van der Waals surface area contributed by atoms with Crippen LogP contribution in [-0.2, 0) is 9.59 Å². The van der Waals surface area contributed by atoms with Crippen molar-refractivity contribution in [3.63, 3.8) is 0 Å². The van der Waals surface area contributed by atoms with Crippen LogP contribution >= 0.6 is 0 Å². The number of hydrogen-bond acceptors (Lipinski definition) is 3. The molecule has 1 aromatic carbocycles. The zero-order chi connectivity index (χ0) is 20.5. The Morgan fingerprint density at radius 1 is 0.893 bits per heavy atom. The topological polar surface area (TPSA) is 43.9 Å². The summed E-state index contributed by atoms with van der Waals surface area (Å²) in [7, 11) is 0. The van der Waals surface area contributed by atoms with E-state index in [-0.39, 0.29) is 11.8 Å². The Hall–Kier alpha value is -2.04. The van der Waals surface area contributed by atoms with Gasteiger partial charge in [0.15, 0.2) is 0 Å². The van der Waals surface area contributed by atoms with E-state index in [9.17, 15) is 9.59 Å². The number of piperidine rings is 1. The maximum Gasteiger partial charge on any atom is 0.237 e. The summed E-state index contributed by atoms with van der Waals surface area (Å²) >= 11 is 0. The van der Waals surface area contributed by atoms with Crippen LogP contribution in [0.15, 0.2) is 18.2 Å². The van der Waals surface area contributed by atoms with Gasteiger partial charge in [-0.05, 0) is 63.6 Å². The molecule has 0 aromatic heterocycles. The van der Waals surface area contributed by atoms with Crippen LogP contribution in [0.1, 0.15) is 44.7 Å². The molecule has 1 aromatic rings. The molecular formula is C23H35N3O2. The predicted octanol–water partition coefficient (Wildman–Crippen LogP) is 3.24. The van der Waals surface area contributed by atoms with Gasteiger partial charge in [0.1, 0.15) is 5.41 Å². The van der Waals surface area contributed by atoms with Crippen LogP contribution in [0.25, 0.3) is 0 Å². The number of likely N-dealkylation sites (tertiary alicyclic amines) is 1. The highest BCUT2D eigenvalue weighted by molar-refractivity contribution is 6.04. The fourth-order valence-electron chi connectivity index (χ4n) is 4.32. The Morgan fingerprint density at radius 3 is 2.00 bits per heavy atom. The maximum atomic E-state index is 13.2. The minimum absolute atomic E-state index is 0.0126. The molecule has 2 aliphatic heterocycles. The second-order valence-corrected chi connectivity index (χ2v) is 9.10. The van der Waals surface area contributed by atoms with Crippen molar-refractivity contribution in [3.8, 4) is 0 Å². The highest BCUT2D eigenvalue weighted by Gasteiger charge is 2.42. The van der Waals surface area contributed by atoms with Gasteiger partial charge in [0.2, 0.25) is 11.8 Å². The SMILES string of the molecule is Cc1cccc(N2CCN(C(=O)C(C)(C)C(=O)N3CCC(C)CC3)CC2)c1C. The van der Waals surface area contributed by atoms with E-state index in [1.807, 2.05) is 9.80 Å². The quantitative estimate of drug-likeness (QED) is 0.751. The van der Waals surface area contributed by atoms with Crippen molar-refractivity contribution >= 4 is 17.5 Å². The fourth-order valence-corrected chi connectivity index (χ4v) is 4.32. The summed E-state index contributed by atoms with van der Waals surface area (Å²) < 4.78 is 0. The van der Waals surface area contributed by atoms with Crippen molar-refractivity contribution in [1.29, 1.82) is 0 Å². The number of rotatable bonds is 3. The molecule has 0 saturated carbocycles. The van der Waals surface area contributed by atoms with Gasteiger partial charge in [-0.25, -0.2) is 0 Å². The van der Waals surface area contributed by atoms with Crippen LogP contribution in [0, 0.1) is 25.2 Å². The summed E-state index contributed by atoms with van der Waals surface area (Å²) in [5.74, 6) is 0.624. The number of piperazine rings is 1. The molecule has 5 nitrogen and oxygen atoms in total. The number of carbonyl (C=O) groups excluding carboxylic acids is 2. The summed E-state index contributed by atoms with van der Waals surface area (Å²) in [6.45, 7) is 14.6. The van der Waals surface area contributed by atoms with Crippen LogP contribution in [0.3, 0.4) is 0 Å². The Balaban J connectivity index is 1.62. The highest BCUT2D eigenvalue weighted by atomic mass is 16.2. The van der Waals surface area contributed by atoms with Crippen molar-refractivity contribution in [2.45, 2.75) is 47.5 Å². The van der Waals surface area contributed by atoms with Crippen LogP contribution in [0.5, 0.6) is 0 Å². The number of hydrogen-bond donors (Lipinski definition) is 0. The second-order valence-electron chi connectivity index (χ2n) is 9.10. The summed E-state index contributed by atoms with van der Waals surface area (Å²) in [5.41, 5.74) is 2.86. The summed E-state index contributed by atoms with van der Waals surface area (Å²) in [6.07, 6.45) is 2.06. The van der Waals surface area contributed by atoms with Gasteiger partial charge < -0.3 is 14.7 Å². The Labute approximate surface area is 169 Å². The van der Waals surface area contributed by atoms with E-state index in [1.165, 1.54) is 16.8 Å². The number of amides is 2. The molecule has 28 heavy (non-hydrogen) atoms. The van der Waals surface area contributed by atoms with Crippen molar-refractivity contribution in [2.75, 3.05) is 44.2 Å². The van der Waals surface area contributed by atoms with E-state index in [0.717, 1.165) is 39.0 Å². The smallest absolute Gasteiger partial charge is 0.237 e. The third-order valence-electron chi connectivity index (χ3n) is 6.62. The lowest BCUT2D eigenvalue weighted by Crippen LogP contribution is -2.56. The summed E-state index contributed by atoms with van der Waals surface area (Å²) in [4.78, 5) is 32.4. The van der Waals surface area contributed by atoms with Crippen LogP contribution < -0.4 is 4.90 Å². The standard InChI is InChI=1S/C23H35N3O2/c1-17-9-11-25(12-10-17)21(27)23(4,5)22(28)26-15-13-24(14-16-26)20-8-6-7-18(2)19(20)3/h6-8,17H,9-16H2,1-5H3. The lowest BCUT2D eigenvalue weighted by molar-refractivity contribution is -0.155. The van der Waals surface area contributed by atoms with Gasteiger partial charge in [0.05, 0.1) is 0 Å². The third-order valence-corrected chi connectivity index (χ3v) is 6.62. The molecule has 2 saturated heterocycles. The monoisotopic (exact) mass is 385 g/mol. The fraction of sp³-hybridized carbons (Fsp3) is 0.652. The minimum atomic E-state index is -0.984. The van der Waals surface area contributed by atoms with E-state index in [4.69, 9.17) is 0 Å². The molecule has 0 radical (unpaired) electrons. The van der Waals surface area contributed by atoms with E-state index in [0.29, 0.717) is 19.0 Å². The van der Waals surface area contributed by atoms with Crippen molar-refractivity contribution < 1.29 is 9.59 Å². The molecule has 154 valence electrons. The average Bonchev–Trinajstić information content (AvgIpc) is 2.69. The molecule has 0 spiro atoms. The average molecular weight is 386 g/mol. The molecule has 2 heterocycles. The lowest BCUT2D eigenvalue weighted by atomic mass is 9.87. The maximum absolute atomic E-state index is 13.2. The van der Waals surface area contributed by atoms with Gasteiger partial charge in [-0.15, -0.1) is 0 Å². The molecule has 2 fully saturated rings. The van der Waals surface area contributed by atoms with Gasteiger partial charge in [-0.3, -0.25) is 9.59 Å². The van der Waals surface area contributed by atoms with Crippen LogP contribution in [0.4, 0.5) is 5.69 Å². The molecule has 0 bridgehead atoms. The zero-order valence-corrected chi connectivity index (χ0v) is 18.1. The number of aryl methyl sites for hydroxylation is 1. The molecule has 0 atom stereocenters. The first-order valence-corrected chi connectivity index (χ1v) is 10.6. The van der Waals surface area contributed by atoms with Crippen molar-refractivity contribution in [1.82, 2.24) is 9.80 Å². The Morgan fingerprint density at radius 2 is 1.43 bits per heavy atom. The second kappa shape index (κ2) is 8.14. The Kier molecular flexibility index (Phi) is 6.01. The van der Waals surface area contributed by atoms with E-state index < -0.39 is 5.41 Å². The predicted molar refractivity (Wildman–Crippen MR) is 113 cm³/mol. The molecule has 0 N–H and O–H groups in total. The molecule has 0 aliphatic carbocycles. The molecule has 0 unspecified atom stereocenters. The van der Waals surface area contributed by atoms with Gasteiger partial charge in [-0.2, -0.15) is 0 Å². The van der Waals surface area contributed by atoms with E-state index >= 15 is 0 Å². The molecule has 2 amide bonds. The van der Waals surface area contributed by atoms with E-state index in [2.05, 4.69) is 43.9 Å². The third kappa shape index (κ3) is 4.03. The van der Waals surface area contributed by atoms with Gasteiger partial charge in [-0.1, -0.05) is 19.1 Å². The normalized spacial score (nSPS) is 19.1. The number of benzene rings is 1. The molecule has 5 heteroatoms. The zero-order valence-electron chi connectivity index (χ0n) is 18.1. The first kappa shape index (κ1) is 20.7. The van der Waals surface area contributed by atoms with Gasteiger partial charge in [0, 0.05) is 45.0 Å². The molecule has 2 aliphatic rings. The molecular weight excluding hydrogens is 350 g/mol. The van der Waals surface area contributed by atoms with Gasteiger partial charge >= 0.3 is 0 Å². The van der Waals surface area contributed by atoms with Gasteiger partial charge in [0.25, 0.3) is 0 Å². The van der Waals surface area contributed by atoms with E-state index in [1.54, 1.807) is 13.8 Å². The number of carbonyl (C=O) groups is 2. The number of anilines is 1. The minimum Gasteiger partial charge on any atom is -0.368 e. The number of nitrogens with zero attached hydrogens (tertiary/aromatic N) is 3. The van der Waals surface area contributed by atoms with Crippen LogP contribution in [0.2, 0.25) is 0 Å². The lowest BCUT2D eigenvalue weighted by Gasteiger charge is -2.41. The highest BCUT2D eigenvalue weighted by Crippen LogP contribution is 2.28. The molecule has 3 rings (SSSR count). The first-order valence-electron chi connectivity index (χ1n) is 10.6. The summed E-state index contributed by atoms with van der Waals surface area (Å²) in [5, 5.41) is 0. The Bertz CT molecular complexity index is 727. The van der Waals surface area contributed by atoms with Crippen LogP contribution in [-0.4, -0.2) is 60.9 Å².